The van der Waals surface area contributed by atoms with E-state index in [9.17, 15) is 0 Å². The van der Waals surface area contributed by atoms with Crippen molar-refractivity contribution in [2.75, 3.05) is 7.11 Å². The molecule has 0 saturated carbocycles. The second-order valence-corrected chi connectivity index (χ2v) is 8.47. The van der Waals surface area contributed by atoms with E-state index in [1.807, 2.05) is 30.3 Å². The van der Waals surface area contributed by atoms with Crippen LogP contribution in [0.2, 0.25) is 15.1 Å². The minimum absolute atomic E-state index is 0.223. The van der Waals surface area contributed by atoms with Crippen LogP contribution in [0.4, 0.5) is 0 Å². The van der Waals surface area contributed by atoms with Crippen LogP contribution in [-0.2, 0) is 16.3 Å². The van der Waals surface area contributed by atoms with Crippen LogP contribution in [0.1, 0.15) is 0 Å². The molecule has 0 N–H and O–H groups in total. The Bertz CT molecular complexity index is 664. The number of hydrogen-bond donors (Lipinski definition) is 0. The van der Waals surface area contributed by atoms with Gasteiger partial charge in [-0.05, 0) is 36.1 Å². The van der Waals surface area contributed by atoms with E-state index in [0.29, 0.717) is 10.0 Å². The Balaban J connectivity index is 2.47. The monoisotopic (exact) mass is 366 g/mol. The molecule has 2 aromatic carbocycles. The van der Waals surface area contributed by atoms with E-state index in [-0.39, 0.29) is 10.8 Å². The Morgan fingerprint density at radius 3 is 2.15 bits per heavy atom. The molecule has 0 aliphatic carbocycles. The maximum atomic E-state index is 6.12. The number of rotatable bonds is 4. The highest BCUT2D eigenvalue weighted by Crippen LogP contribution is 2.51. The zero-order valence-corrected chi connectivity index (χ0v) is 14.3. The van der Waals surface area contributed by atoms with E-state index in [2.05, 4.69) is 0 Å². The lowest BCUT2D eigenvalue weighted by atomic mass is 10.3. The minimum atomic E-state index is -2.74. The van der Waals surface area contributed by atoms with Gasteiger partial charge in [0.25, 0.3) is 6.49 Å². The van der Waals surface area contributed by atoms with Gasteiger partial charge in [-0.3, -0.25) is 0 Å². The molecular weight excluding hydrogens is 358 g/mol. The molecule has 7 heteroatoms. The number of benzene rings is 2. The van der Waals surface area contributed by atoms with Crippen molar-refractivity contribution in [1.29, 1.82) is 0 Å². The first-order valence-electron chi connectivity index (χ1n) is 5.52. The van der Waals surface area contributed by atoms with Gasteiger partial charge in [0.05, 0.1) is 10.0 Å². The van der Waals surface area contributed by atoms with Gasteiger partial charge >= 0.3 is 0 Å². The van der Waals surface area contributed by atoms with Gasteiger partial charge in [-0.1, -0.05) is 53.0 Å². The maximum Gasteiger partial charge on any atom is 0.268 e. The quantitative estimate of drug-likeness (QED) is 0.539. The van der Waals surface area contributed by atoms with Gasteiger partial charge in [0, 0.05) is 12.4 Å². The van der Waals surface area contributed by atoms with Crippen molar-refractivity contribution in [3.8, 4) is 5.75 Å². The predicted octanol–water partition coefficient (Wildman–Crippen LogP) is 5.31. The molecule has 0 aliphatic rings. The fourth-order valence-electron chi connectivity index (χ4n) is 1.52. The summed E-state index contributed by atoms with van der Waals surface area (Å²) in [7, 11) is 1.50. The van der Waals surface area contributed by atoms with E-state index < -0.39 is 6.49 Å². The van der Waals surface area contributed by atoms with Crippen LogP contribution in [0, 0.1) is 0 Å². The highest BCUT2D eigenvalue weighted by Gasteiger charge is 2.25. The van der Waals surface area contributed by atoms with E-state index in [1.54, 1.807) is 12.1 Å². The summed E-state index contributed by atoms with van der Waals surface area (Å²) in [5, 5.41) is 1.67. The molecule has 0 saturated heterocycles. The van der Waals surface area contributed by atoms with Gasteiger partial charge in [-0.15, -0.1) is 0 Å². The van der Waals surface area contributed by atoms with Crippen molar-refractivity contribution in [2.24, 2.45) is 0 Å². The van der Waals surface area contributed by atoms with Crippen LogP contribution < -0.4 is 9.83 Å². The highest BCUT2D eigenvalue weighted by molar-refractivity contribution is 8.13. The summed E-state index contributed by atoms with van der Waals surface area (Å²) >= 11 is 23.7. The van der Waals surface area contributed by atoms with Gasteiger partial charge in [-0.25, -0.2) is 0 Å². The van der Waals surface area contributed by atoms with Crippen molar-refractivity contribution in [3.63, 3.8) is 0 Å². The molecule has 0 aliphatic heterocycles. The van der Waals surface area contributed by atoms with Gasteiger partial charge in [0.15, 0.2) is 5.75 Å². The van der Waals surface area contributed by atoms with Crippen molar-refractivity contribution in [3.05, 3.63) is 57.5 Å². The molecule has 0 fully saturated rings. The maximum absolute atomic E-state index is 6.12. The van der Waals surface area contributed by atoms with Crippen LogP contribution in [0.25, 0.3) is 0 Å². The van der Waals surface area contributed by atoms with E-state index >= 15 is 0 Å². The molecule has 106 valence electrons. The molecule has 0 spiro atoms. The molecule has 2 rings (SSSR count). The largest absolute Gasteiger partial charge is 0.437 e. The molecule has 0 heterocycles. The first-order chi connectivity index (χ1) is 9.48. The molecule has 20 heavy (non-hydrogen) atoms. The van der Waals surface area contributed by atoms with Crippen LogP contribution in [0.5, 0.6) is 5.75 Å². The molecule has 0 bridgehead atoms. The van der Waals surface area contributed by atoms with E-state index in [4.69, 9.17) is 55.7 Å². The Morgan fingerprint density at radius 1 is 0.950 bits per heavy atom. The molecule has 0 radical (unpaired) electrons. The summed E-state index contributed by atoms with van der Waals surface area (Å²) in [6, 6.07) is 12.5. The fourth-order valence-corrected chi connectivity index (χ4v) is 4.17. The molecule has 0 amide bonds. The van der Waals surface area contributed by atoms with Crippen LogP contribution in [0.3, 0.4) is 0 Å². The summed E-state index contributed by atoms with van der Waals surface area (Å²) in [6.45, 7) is -2.74. The summed E-state index contributed by atoms with van der Waals surface area (Å²) in [6.07, 6.45) is 0. The van der Waals surface area contributed by atoms with Crippen molar-refractivity contribution >= 4 is 58.4 Å². The van der Waals surface area contributed by atoms with Crippen molar-refractivity contribution < 1.29 is 9.05 Å². The van der Waals surface area contributed by atoms with Gasteiger partial charge in [-0.2, -0.15) is 0 Å². The lowest BCUT2D eigenvalue weighted by molar-refractivity contribution is 0.402. The normalized spacial score (nSPS) is 13.8. The van der Waals surface area contributed by atoms with Crippen LogP contribution in [0.15, 0.2) is 42.5 Å². The fraction of sp³-hybridized carbons (Fsp3) is 0.0769. The Kier molecular flexibility index (Phi) is 5.36. The first-order valence-corrected chi connectivity index (χ1v) is 9.29. The SMILES string of the molecule is COP(=S)(Oc1c(Cl)ccc(Cl)c1Cl)c1ccccc1. The topological polar surface area (TPSA) is 18.5 Å². The summed E-state index contributed by atoms with van der Waals surface area (Å²) in [5.74, 6) is 0.245. The molecular formula is C13H10Cl3O2PS. The third-order valence-corrected chi connectivity index (χ3v) is 6.75. The summed E-state index contributed by atoms with van der Waals surface area (Å²) in [4.78, 5) is 0. The van der Waals surface area contributed by atoms with Crippen LogP contribution in [-0.4, -0.2) is 7.11 Å². The highest BCUT2D eigenvalue weighted by atomic mass is 35.5. The Hall–Kier alpha value is -0.280. The Labute approximate surface area is 137 Å². The van der Waals surface area contributed by atoms with E-state index in [1.165, 1.54) is 7.11 Å². The number of hydrogen-bond acceptors (Lipinski definition) is 3. The van der Waals surface area contributed by atoms with Crippen molar-refractivity contribution in [1.82, 2.24) is 0 Å². The summed E-state index contributed by atoms with van der Waals surface area (Å²) in [5.41, 5.74) is 0. The minimum Gasteiger partial charge on any atom is -0.437 e. The average Bonchev–Trinajstić information content (AvgIpc) is 2.48. The number of halogens is 3. The lowest BCUT2D eigenvalue weighted by Crippen LogP contribution is -2.10. The van der Waals surface area contributed by atoms with E-state index in [0.717, 1.165) is 5.30 Å². The van der Waals surface area contributed by atoms with Gasteiger partial charge in [0.1, 0.15) is 5.02 Å². The van der Waals surface area contributed by atoms with Crippen molar-refractivity contribution in [2.45, 2.75) is 0 Å². The second-order valence-electron chi connectivity index (χ2n) is 3.78. The van der Waals surface area contributed by atoms with Crippen LogP contribution >= 0.6 is 41.3 Å². The zero-order chi connectivity index (χ0) is 14.8. The van der Waals surface area contributed by atoms with Gasteiger partial charge < -0.3 is 9.05 Å². The third kappa shape index (κ3) is 3.30. The summed E-state index contributed by atoms with van der Waals surface area (Å²) < 4.78 is 11.3. The molecule has 2 aromatic rings. The molecule has 1 unspecified atom stereocenters. The first kappa shape index (κ1) is 16.1. The van der Waals surface area contributed by atoms with Gasteiger partial charge in [0.2, 0.25) is 0 Å². The standard InChI is InChI=1S/C13H10Cl3O2PS/c1-17-19(20,9-5-3-2-4-6-9)18-13-11(15)8-7-10(14)12(13)16/h2-8H,1H3. The zero-order valence-electron chi connectivity index (χ0n) is 10.3. The molecule has 2 nitrogen and oxygen atoms in total. The smallest absolute Gasteiger partial charge is 0.268 e. The molecule has 1 atom stereocenters. The predicted molar refractivity (Wildman–Crippen MR) is 89.5 cm³/mol. The average molecular weight is 368 g/mol. The second kappa shape index (κ2) is 6.65. The lowest BCUT2D eigenvalue weighted by Gasteiger charge is -2.22. The molecule has 0 aromatic heterocycles. The Morgan fingerprint density at radius 2 is 1.55 bits per heavy atom. The third-order valence-electron chi connectivity index (χ3n) is 2.53.